The van der Waals surface area contributed by atoms with E-state index in [0.29, 0.717) is 22.7 Å². The number of aromatic nitrogens is 4. The Morgan fingerprint density at radius 2 is 1.94 bits per heavy atom. The van der Waals surface area contributed by atoms with Crippen LogP contribution in [0.5, 0.6) is 5.75 Å². The summed E-state index contributed by atoms with van der Waals surface area (Å²) in [6.45, 7) is 0. The maximum absolute atomic E-state index is 13.3. The van der Waals surface area contributed by atoms with Gasteiger partial charge in [0.15, 0.2) is 34.7 Å². The van der Waals surface area contributed by atoms with Crippen molar-refractivity contribution in [2.75, 3.05) is 31.8 Å². The number of halogens is 1. The smallest absolute Gasteiger partial charge is 0.273 e. The van der Waals surface area contributed by atoms with Crippen molar-refractivity contribution in [2.45, 2.75) is 0 Å². The number of hydrogen-bond donors (Lipinski definition) is 5. The molecule has 2 aromatic heterocycles. The molecule has 0 saturated carbocycles. The molecule has 5 N–H and O–H groups in total. The first kappa shape index (κ1) is 23.0. The second-order valence-corrected chi connectivity index (χ2v) is 6.30. The maximum Gasteiger partial charge on any atom is 0.273 e. The van der Waals surface area contributed by atoms with Gasteiger partial charge in [-0.1, -0.05) is 6.07 Å². The summed E-state index contributed by atoms with van der Waals surface area (Å²) in [7, 11) is 4.53. The molecule has 3 aromatic rings. The van der Waals surface area contributed by atoms with E-state index in [1.807, 2.05) is 0 Å². The Balaban J connectivity index is 2.05. The van der Waals surface area contributed by atoms with Crippen LogP contribution in [0.2, 0.25) is 0 Å². The first-order valence-electron chi connectivity index (χ1n) is 9.54. The minimum Gasteiger partial charge on any atom is -0.494 e. The van der Waals surface area contributed by atoms with Gasteiger partial charge in [-0.15, -0.1) is 10.2 Å². The van der Waals surface area contributed by atoms with Crippen molar-refractivity contribution in [2.24, 2.45) is 5.10 Å². The van der Waals surface area contributed by atoms with E-state index < -0.39 is 11.7 Å². The Morgan fingerprint density at radius 3 is 2.58 bits per heavy atom. The average molecular weight is 452 g/mol. The van der Waals surface area contributed by atoms with Crippen LogP contribution in [-0.2, 0) is 0 Å². The van der Waals surface area contributed by atoms with Crippen LogP contribution in [0.4, 0.5) is 21.6 Å². The van der Waals surface area contributed by atoms with Crippen molar-refractivity contribution in [1.82, 2.24) is 30.9 Å². The molecule has 170 valence electrons. The van der Waals surface area contributed by atoms with Crippen LogP contribution in [0.1, 0.15) is 10.5 Å². The van der Waals surface area contributed by atoms with Crippen LogP contribution in [0, 0.1) is 11.2 Å². The largest absolute Gasteiger partial charge is 0.494 e. The summed E-state index contributed by atoms with van der Waals surface area (Å²) >= 11 is 0. The van der Waals surface area contributed by atoms with Crippen LogP contribution < -0.4 is 26.1 Å². The third-order valence-corrected chi connectivity index (χ3v) is 4.21. The number of hydrazone groups is 1. The fourth-order valence-electron chi connectivity index (χ4n) is 2.81. The molecule has 2 heterocycles. The predicted molar refractivity (Wildman–Crippen MR) is 122 cm³/mol. The van der Waals surface area contributed by atoms with Gasteiger partial charge < -0.3 is 31.5 Å². The number of anilines is 3. The summed E-state index contributed by atoms with van der Waals surface area (Å²) in [5, 5.41) is 27.7. The number of nitrogens with zero attached hydrogens (tertiary/aromatic N) is 5. The summed E-state index contributed by atoms with van der Waals surface area (Å²) < 4.78 is 18.8. The molecule has 0 fully saturated rings. The molecule has 0 radical (unpaired) electrons. The van der Waals surface area contributed by atoms with Gasteiger partial charge >= 0.3 is 0 Å². The summed E-state index contributed by atoms with van der Waals surface area (Å²) in [5.74, 6) is 0.0202. The van der Waals surface area contributed by atoms with Crippen molar-refractivity contribution in [3.05, 3.63) is 48.2 Å². The number of carbonyl (C=O) groups is 1. The fourth-order valence-corrected chi connectivity index (χ4v) is 2.81. The highest BCUT2D eigenvalue weighted by Gasteiger charge is 2.19. The maximum atomic E-state index is 13.3. The first-order valence-corrected chi connectivity index (χ1v) is 9.54. The lowest BCUT2D eigenvalue weighted by molar-refractivity contribution is 0.0958. The van der Waals surface area contributed by atoms with Crippen LogP contribution >= 0.6 is 0 Å². The lowest BCUT2D eigenvalue weighted by Crippen LogP contribution is -2.23. The van der Waals surface area contributed by atoms with Crippen LogP contribution in [0.3, 0.4) is 0 Å². The molecular formula is C20H21FN10O2. The van der Waals surface area contributed by atoms with Gasteiger partial charge in [-0.2, -0.15) is 5.10 Å². The number of amides is 1. The van der Waals surface area contributed by atoms with Gasteiger partial charge in [-0.3, -0.25) is 4.79 Å². The van der Waals surface area contributed by atoms with Crippen molar-refractivity contribution in [1.29, 1.82) is 5.41 Å². The highest BCUT2D eigenvalue weighted by Crippen LogP contribution is 2.37. The third kappa shape index (κ3) is 5.33. The number of amidine groups is 1. The third-order valence-electron chi connectivity index (χ3n) is 4.21. The van der Waals surface area contributed by atoms with E-state index in [-0.39, 0.29) is 23.2 Å². The zero-order valence-corrected chi connectivity index (χ0v) is 18.0. The Morgan fingerprint density at radius 1 is 1.18 bits per heavy atom. The minimum atomic E-state index is -0.559. The molecule has 0 aliphatic carbocycles. The fraction of sp³-hybridized carbons (Fsp3) is 0.150. The number of ether oxygens (including phenoxy) is 1. The molecule has 0 bridgehead atoms. The number of rotatable bonds is 8. The van der Waals surface area contributed by atoms with E-state index in [4.69, 9.17) is 10.1 Å². The number of hydrogen-bond acceptors (Lipinski definition) is 10. The van der Waals surface area contributed by atoms with Gasteiger partial charge in [0.1, 0.15) is 0 Å². The number of methoxy groups -OCH3 is 1. The number of para-hydroxylation sites is 1. The molecule has 1 amide bonds. The second kappa shape index (κ2) is 10.6. The summed E-state index contributed by atoms with van der Waals surface area (Å²) in [4.78, 5) is 20.4. The molecule has 12 nitrogen and oxygen atoms in total. The Kier molecular flexibility index (Phi) is 7.36. The monoisotopic (exact) mass is 452 g/mol. The Hall–Kier alpha value is -4.68. The predicted octanol–water partition coefficient (Wildman–Crippen LogP) is 1.78. The van der Waals surface area contributed by atoms with Gasteiger partial charge in [0.2, 0.25) is 0 Å². The topological polar surface area (TPSA) is 162 Å². The SMILES string of the molecule is CN/N=C(\C=N)Nc1cc(Nc2cccc(-c3ncc(F)cn3)c2OC)c(C(=O)NC)nn1. The molecule has 3 rings (SSSR count). The molecule has 0 unspecified atom stereocenters. The molecule has 0 aliphatic heterocycles. The quantitative estimate of drug-likeness (QED) is 0.195. The molecule has 0 aliphatic rings. The zero-order chi connectivity index (χ0) is 23.8. The molecule has 0 atom stereocenters. The molecule has 13 heteroatoms. The molecular weight excluding hydrogens is 431 g/mol. The lowest BCUT2D eigenvalue weighted by atomic mass is 10.1. The number of nitrogens with one attached hydrogen (secondary N) is 5. The summed E-state index contributed by atoms with van der Waals surface area (Å²) in [6.07, 6.45) is 3.11. The highest BCUT2D eigenvalue weighted by molar-refractivity contribution is 6.33. The normalized spacial score (nSPS) is 10.8. The van der Waals surface area contributed by atoms with Crippen molar-refractivity contribution >= 4 is 35.2 Å². The Labute approximate surface area is 188 Å². The van der Waals surface area contributed by atoms with E-state index in [2.05, 4.69) is 46.6 Å². The van der Waals surface area contributed by atoms with Gasteiger partial charge in [-0.25, -0.2) is 14.4 Å². The van der Waals surface area contributed by atoms with E-state index in [9.17, 15) is 9.18 Å². The van der Waals surface area contributed by atoms with Crippen molar-refractivity contribution < 1.29 is 13.9 Å². The van der Waals surface area contributed by atoms with Gasteiger partial charge in [0, 0.05) is 20.2 Å². The Bertz CT molecular complexity index is 1180. The standard InChI is InChI=1S/C20H21FN10O2/c1-23-20(32)17-14(7-15(30-31-17)28-16(8-22)29-24-2)27-13-6-4-5-12(18(13)33-3)19-25-9-11(21)10-26-19/h4-10,22,24H,1-3H3,(H,23,32)(H2,27,28,29,30). The van der Waals surface area contributed by atoms with E-state index in [1.54, 1.807) is 25.2 Å². The van der Waals surface area contributed by atoms with Gasteiger partial charge in [0.25, 0.3) is 5.91 Å². The average Bonchev–Trinajstić information content (AvgIpc) is 2.84. The van der Waals surface area contributed by atoms with Crippen LogP contribution in [-0.4, -0.2) is 59.3 Å². The van der Waals surface area contributed by atoms with Crippen LogP contribution in [0.15, 0.2) is 41.8 Å². The van der Waals surface area contributed by atoms with Crippen LogP contribution in [0.25, 0.3) is 11.4 Å². The molecule has 33 heavy (non-hydrogen) atoms. The number of benzene rings is 1. The summed E-state index contributed by atoms with van der Waals surface area (Å²) in [5.41, 5.74) is 3.88. The zero-order valence-electron chi connectivity index (χ0n) is 18.0. The van der Waals surface area contributed by atoms with Gasteiger partial charge in [0.05, 0.1) is 42.7 Å². The first-order chi connectivity index (χ1) is 16.0. The highest BCUT2D eigenvalue weighted by atomic mass is 19.1. The van der Waals surface area contributed by atoms with E-state index >= 15 is 0 Å². The summed E-state index contributed by atoms with van der Waals surface area (Å²) in [6, 6.07) is 6.71. The van der Waals surface area contributed by atoms with E-state index in [0.717, 1.165) is 18.6 Å². The minimum absolute atomic E-state index is 0.0236. The molecule has 0 saturated heterocycles. The lowest BCUT2D eigenvalue weighted by Gasteiger charge is -2.16. The van der Waals surface area contributed by atoms with Gasteiger partial charge in [-0.05, 0) is 12.1 Å². The van der Waals surface area contributed by atoms with Crippen molar-refractivity contribution in [3.63, 3.8) is 0 Å². The molecule has 1 aromatic carbocycles. The second-order valence-electron chi connectivity index (χ2n) is 6.30. The number of carbonyl (C=O) groups excluding carboxylic acids is 1. The van der Waals surface area contributed by atoms with Crippen molar-refractivity contribution in [3.8, 4) is 17.1 Å². The molecule has 0 spiro atoms. The van der Waals surface area contributed by atoms with E-state index in [1.165, 1.54) is 20.2 Å².